The molecule has 0 radical (unpaired) electrons. The van der Waals surface area contributed by atoms with Gasteiger partial charge in [-0.25, -0.2) is 14.8 Å². The normalized spacial score (nSPS) is 16.8. The van der Waals surface area contributed by atoms with Gasteiger partial charge in [-0.1, -0.05) is 70.2 Å². The Kier molecular flexibility index (Phi) is 12.1. The van der Waals surface area contributed by atoms with Crippen molar-refractivity contribution >= 4 is 23.9 Å². The van der Waals surface area contributed by atoms with Gasteiger partial charge in [-0.3, -0.25) is 14.4 Å². The summed E-state index contributed by atoms with van der Waals surface area (Å²) in [6, 6.07) is 13.6. The summed E-state index contributed by atoms with van der Waals surface area (Å²) in [7, 11) is 2.63. The average molecular weight is 752 g/mol. The van der Waals surface area contributed by atoms with Crippen molar-refractivity contribution in [2.24, 2.45) is 17.8 Å². The van der Waals surface area contributed by atoms with Crippen molar-refractivity contribution in [3.05, 3.63) is 71.6 Å². The number of fused-ring (bicyclic) bond motifs is 3. The molecule has 3 amide bonds. The number of nitrogens with one attached hydrogen (secondary N) is 4. The summed E-state index contributed by atoms with van der Waals surface area (Å²) in [5.41, 5.74) is 8.40. The number of hydrogen-bond acceptors (Lipinski definition) is 8. The van der Waals surface area contributed by atoms with Crippen molar-refractivity contribution in [1.29, 1.82) is 0 Å². The predicted octanol–water partition coefficient (Wildman–Crippen LogP) is 6.68. The zero-order valence-corrected chi connectivity index (χ0v) is 32.8. The summed E-state index contributed by atoms with van der Waals surface area (Å²) in [6.07, 6.45) is 5.67. The highest BCUT2D eigenvalue weighted by Crippen LogP contribution is 2.39. The molecule has 2 aromatic carbocycles. The van der Waals surface area contributed by atoms with Crippen molar-refractivity contribution in [1.82, 2.24) is 35.5 Å². The van der Waals surface area contributed by atoms with E-state index in [0.717, 1.165) is 77.3 Å². The first kappa shape index (κ1) is 39.2. The Hall–Kier alpha value is -5.46. The van der Waals surface area contributed by atoms with Crippen LogP contribution in [-0.2, 0) is 36.7 Å². The number of H-pyrrole nitrogens is 2. The highest BCUT2D eigenvalue weighted by molar-refractivity contribution is 5.86. The molecule has 292 valence electrons. The molecule has 55 heavy (non-hydrogen) atoms. The minimum atomic E-state index is -0.743. The lowest BCUT2D eigenvalue weighted by Gasteiger charge is -2.29. The van der Waals surface area contributed by atoms with Crippen LogP contribution in [0, 0.1) is 17.8 Å². The van der Waals surface area contributed by atoms with Gasteiger partial charge in [0.05, 0.1) is 56.2 Å². The van der Waals surface area contributed by atoms with Crippen LogP contribution in [0.2, 0.25) is 0 Å². The lowest BCUT2D eigenvalue weighted by atomic mass is 9.90. The molecular weight excluding hydrogens is 699 g/mol. The molecule has 0 bridgehead atoms. The lowest BCUT2D eigenvalue weighted by Crippen LogP contribution is -2.50. The fraction of sp³-hybridized carbons (Fsp3) is 0.476. The number of methoxy groups -OCH3 is 2. The van der Waals surface area contributed by atoms with E-state index in [2.05, 4.69) is 72.8 Å². The maximum atomic E-state index is 13.8. The van der Waals surface area contributed by atoms with E-state index in [1.165, 1.54) is 19.8 Å². The Morgan fingerprint density at radius 1 is 0.873 bits per heavy atom. The summed E-state index contributed by atoms with van der Waals surface area (Å²) in [4.78, 5) is 69.2. The van der Waals surface area contributed by atoms with E-state index in [4.69, 9.17) is 9.72 Å². The van der Waals surface area contributed by atoms with Crippen molar-refractivity contribution in [2.45, 2.75) is 91.3 Å². The zero-order valence-electron chi connectivity index (χ0n) is 32.8. The molecule has 1 aliphatic carbocycles. The first-order valence-corrected chi connectivity index (χ1v) is 19.3. The number of alkyl carbamates (subject to hydrolysis) is 1. The molecule has 13 nitrogen and oxygen atoms in total. The summed E-state index contributed by atoms with van der Waals surface area (Å²) >= 11 is 0. The standard InChI is InChI=1S/C42H53N7O6/c1-23(2)31(21-35(50)54-6)41(52)49-19-9-12-34(49)39-45-32-11-8-10-29-20-28(17-18-30(29)37(32)47-39)26-13-15-27(16-14-26)33-22-43-38(46-33)25(5)44-40(51)36(24(3)4)48-42(53)55-7/h13-18,20,22-25,31,34,36H,8-12,19,21H2,1-7H3,(H,43,46)(H,44,51)(H,45,47)(H,48,53)/t25-,31-,34-,36-/m0/s1. The minimum Gasteiger partial charge on any atom is -0.469 e. The van der Waals surface area contributed by atoms with E-state index in [0.29, 0.717) is 12.4 Å². The van der Waals surface area contributed by atoms with Crippen LogP contribution in [0.4, 0.5) is 4.79 Å². The molecule has 1 fully saturated rings. The largest absolute Gasteiger partial charge is 0.469 e. The van der Waals surface area contributed by atoms with Crippen molar-refractivity contribution in [3.63, 3.8) is 0 Å². The van der Waals surface area contributed by atoms with Crippen LogP contribution in [0.15, 0.2) is 48.7 Å². The number of carbonyl (C=O) groups is 4. The number of aryl methyl sites for hydroxylation is 2. The smallest absolute Gasteiger partial charge is 0.407 e. The van der Waals surface area contributed by atoms with Gasteiger partial charge < -0.3 is 35.0 Å². The van der Waals surface area contributed by atoms with Gasteiger partial charge in [-0.2, -0.15) is 0 Å². The molecule has 1 aliphatic heterocycles. The Labute approximate surface area is 322 Å². The van der Waals surface area contributed by atoms with Crippen LogP contribution in [0.1, 0.15) is 95.3 Å². The molecule has 0 unspecified atom stereocenters. The summed E-state index contributed by atoms with van der Waals surface area (Å²) in [6.45, 7) is 10.1. The number of hydrogen-bond donors (Lipinski definition) is 4. The first-order valence-electron chi connectivity index (χ1n) is 19.3. The molecule has 13 heteroatoms. The van der Waals surface area contributed by atoms with Gasteiger partial charge in [0.15, 0.2) is 0 Å². The third-order valence-corrected chi connectivity index (χ3v) is 10.9. The molecule has 4 N–H and O–H groups in total. The SMILES string of the molecule is COC(=O)C[C@H](C(=O)N1CCC[C@H]1c1nc2c([nH]1)CCCc1cc(-c3ccc(-c4cnc([C@H](C)NC(=O)[C@@H](NC(=O)OC)C(C)C)[nH]4)cc3)ccc1-2)C(C)C. The van der Waals surface area contributed by atoms with Crippen LogP contribution in [0.5, 0.6) is 0 Å². The highest BCUT2D eigenvalue weighted by Gasteiger charge is 2.38. The Morgan fingerprint density at radius 2 is 1.60 bits per heavy atom. The van der Waals surface area contributed by atoms with Crippen LogP contribution < -0.4 is 10.6 Å². The number of imidazole rings is 2. The van der Waals surface area contributed by atoms with Gasteiger partial charge >= 0.3 is 12.1 Å². The molecule has 6 rings (SSSR count). The molecule has 0 saturated carbocycles. The summed E-state index contributed by atoms with van der Waals surface area (Å²) < 4.78 is 9.58. The van der Waals surface area contributed by atoms with Gasteiger partial charge in [0.25, 0.3) is 0 Å². The van der Waals surface area contributed by atoms with Crippen LogP contribution in [-0.4, -0.2) is 75.5 Å². The van der Waals surface area contributed by atoms with Gasteiger partial charge in [-0.15, -0.1) is 0 Å². The van der Waals surface area contributed by atoms with Crippen molar-refractivity contribution < 1.29 is 28.7 Å². The number of likely N-dealkylation sites (tertiary alicyclic amines) is 1. The highest BCUT2D eigenvalue weighted by atomic mass is 16.5. The van der Waals surface area contributed by atoms with E-state index in [1.807, 2.05) is 39.5 Å². The number of benzene rings is 2. The number of amides is 3. The Bertz CT molecular complexity index is 2020. The van der Waals surface area contributed by atoms with Gasteiger partial charge in [0, 0.05) is 17.8 Å². The number of esters is 1. The van der Waals surface area contributed by atoms with Crippen molar-refractivity contribution in [3.8, 4) is 33.6 Å². The minimum absolute atomic E-state index is 0.00884. The van der Waals surface area contributed by atoms with Crippen molar-refractivity contribution in [2.75, 3.05) is 20.8 Å². The second kappa shape index (κ2) is 16.9. The lowest BCUT2D eigenvalue weighted by molar-refractivity contribution is -0.148. The third kappa shape index (κ3) is 8.60. The number of nitrogens with zero attached hydrogens (tertiary/aromatic N) is 3. The van der Waals surface area contributed by atoms with E-state index in [1.54, 1.807) is 6.20 Å². The molecule has 0 spiro atoms. The van der Waals surface area contributed by atoms with E-state index in [-0.39, 0.29) is 42.1 Å². The van der Waals surface area contributed by atoms with E-state index < -0.39 is 24.1 Å². The molecular formula is C42H53N7O6. The fourth-order valence-corrected chi connectivity index (χ4v) is 7.69. The van der Waals surface area contributed by atoms with Crippen LogP contribution in [0.25, 0.3) is 33.6 Å². The molecule has 3 heterocycles. The van der Waals surface area contributed by atoms with Gasteiger partial charge in [0.1, 0.15) is 17.7 Å². The maximum absolute atomic E-state index is 13.8. The van der Waals surface area contributed by atoms with E-state index >= 15 is 0 Å². The molecule has 2 aromatic heterocycles. The number of aromatic amines is 2. The zero-order chi connectivity index (χ0) is 39.4. The quantitative estimate of drug-likeness (QED) is 0.116. The monoisotopic (exact) mass is 751 g/mol. The maximum Gasteiger partial charge on any atom is 0.407 e. The Balaban J connectivity index is 1.16. The molecule has 4 atom stereocenters. The van der Waals surface area contributed by atoms with Gasteiger partial charge in [0.2, 0.25) is 11.8 Å². The van der Waals surface area contributed by atoms with E-state index in [9.17, 15) is 19.2 Å². The number of aromatic nitrogens is 4. The molecule has 4 aromatic rings. The van der Waals surface area contributed by atoms with Crippen LogP contribution in [0.3, 0.4) is 0 Å². The second-order valence-electron chi connectivity index (χ2n) is 15.3. The molecule has 2 aliphatic rings. The number of rotatable bonds is 12. The van der Waals surface area contributed by atoms with Crippen LogP contribution >= 0.6 is 0 Å². The predicted molar refractivity (Wildman–Crippen MR) is 208 cm³/mol. The molecule has 1 saturated heterocycles. The third-order valence-electron chi connectivity index (χ3n) is 10.9. The van der Waals surface area contributed by atoms with Gasteiger partial charge in [-0.05, 0) is 73.1 Å². The first-order chi connectivity index (χ1) is 26.4. The fourth-order valence-electron chi connectivity index (χ4n) is 7.69. The average Bonchev–Trinajstić information content (AvgIpc) is 3.94. The number of carbonyl (C=O) groups excluding carboxylic acids is 4. The Morgan fingerprint density at radius 3 is 2.29 bits per heavy atom. The number of ether oxygens (including phenoxy) is 2. The second-order valence-corrected chi connectivity index (χ2v) is 15.3. The topological polar surface area (TPSA) is 171 Å². The summed E-state index contributed by atoms with van der Waals surface area (Å²) in [5.74, 6) is 0.162. The summed E-state index contributed by atoms with van der Waals surface area (Å²) in [5, 5.41) is 5.53.